The summed E-state index contributed by atoms with van der Waals surface area (Å²) in [4.78, 5) is 19.5. The third kappa shape index (κ3) is 2.91. The fourth-order valence-electron chi connectivity index (χ4n) is 4.41. The van der Waals surface area contributed by atoms with E-state index in [0.717, 1.165) is 31.2 Å². The molecule has 2 heterocycles. The highest BCUT2D eigenvalue weighted by Crippen LogP contribution is 2.34. The number of aryl methyl sites for hydroxylation is 2. The summed E-state index contributed by atoms with van der Waals surface area (Å²) in [5.41, 5.74) is 6.07. The van der Waals surface area contributed by atoms with Crippen LogP contribution in [0, 0.1) is 0 Å². The Hall–Kier alpha value is -3.01. The van der Waals surface area contributed by atoms with Crippen LogP contribution in [0.1, 0.15) is 42.1 Å². The summed E-state index contributed by atoms with van der Waals surface area (Å²) < 4.78 is 0. The zero-order valence-corrected chi connectivity index (χ0v) is 15.2. The van der Waals surface area contributed by atoms with Gasteiger partial charge < -0.3 is 15.3 Å². The second-order valence-corrected chi connectivity index (χ2v) is 7.43. The van der Waals surface area contributed by atoms with Crippen LogP contribution in [-0.2, 0) is 17.6 Å². The number of carbonyl (C=O) groups is 1. The predicted molar refractivity (Wildman–Crippen MR) is 109 cm³/mol. The first-order valence-electron chi connectivity index (χ1n) is 9.73. The number of hydrogen-bond donors (Lipinski definition) is 3. The maximum absolute atomic E-state index is 12.6. The molecule has 4 nitrogen and oxygen atoms in total. The van der Waals surface area contributed by atoms with E-state index in [-0.39, 0.29) is 11.9 Å². The van der Waals surface area contributed by atoms with E-state index in [9.17, 15) is 4.79 Å². The minimum atomic E-state index is 0.0941. The third-order valence-corrected chi connectivity index (χ3v) is 5.75. The number of hydrogen-bond acceptors (Lipinski definition) is 1. The summed E-state index contributed by atoms with van der Waals surface area (Å²) in [5, 5.41) is 5.77. The maximum atomic E-state index is 12.6. The van der Waals surface area contributed by atoms with Crippen molar-refractivity contribution in [1.82, 2.24) is 15.3 Å². The Labute approximate surface area is 158 Å². The van der Waals surface area contributed by atoms with Gasteiger partial charge >= 0.3 is 0 Å². The monoisotopic (exact) mass is 357 g/mol. The highest BCUT2D eigenvalue weighted by Gasteiger charge is 2.25. The van der Waals surface area contributed by atoms with Crippen LogP contribution in [0.4, 0.5) is 0 Å². The molecule has 4 heteroatoms. The van der Waals surface area contributed by atoms with Crippen molar-refractivity contribution < 1.29 is 4.79 Å². The average molecular weight is 357 g/mol. The molecule has 2 aromatic heterocycles. The Balaban J connectivity index is 1.30. The van der Waals surface area contributed by atoms with Gasteiger partial charge in [-0.15, -0.1) is 0 Å². The largest absolute Gasteiger partial charge is 0.361 e. The molecule has 0 spiro atoms. The molecule has 0 saturated heterocycles. The number of para-hydroxylation sites is 2. The number of fused-ring (bicyclic) bond motifs is 4. The Morgan fingerprint density at radius 3 is 2.70 bits per heavy atom. The lowest BCUT2D eigenvalue weighted by Gasteiger charge is -2.24. The first kappa shape index (κ1) is 16.2. The Morgan fingerprint density at radius 2 is 1.81 bits per heavy atom. The normalized spacial score (nSPS) is 16.5. The zero-order valence-electron chi connectivity index (χ0n) is 15.2. The van der Waals surface area contributed by atoms with Crippen LogP contribution >= 0.6 is 0 Å². The number of H-pyrrole nitrogens is 2. The van der Waals surface area contributed by atoms with E-state index in [4.69, 9.17) is 0 Å². The number of aromatic nitrogens is 2. The molecule has 0 bridgehead atoms. The molecule has 4 aromatic rings. The van der Waals surface area contributed by atoms with E-state index in [1.807, 2.05) is 18.3 Å². The van der Waals surface area contributed by atoms with Gasteiger partial charge in [0.2, 0.25) is 5.91 Å². The summed E-state index contributed by atoms with van der Waals surface area (Å²) >= 11 is 0. The Morgan fingerprint density at radius 1 is 1.04 bits per heavy atom. The molecule has 0 radical (unpaired) electrons. The smallest absolute Gasteiger partial charge is 0.220 e. The Kier molecular flexibility index (Phi) is 3.97. The van der Waals surface area contributed by atoms with Gasteiger partial charge in [0.15, 0.2) is 0 Å². The molecule has 3 N–H and O–H groups in total. The van der Waals surface area contributed by atoms with E-state index in [0.29, 0.717) is 6.42 Å². The van der Waals surface area contributed by atoms with Crippen molar-refractivity contribution in [3.05, 3.63) is 71.5 Å². The molecule has 0 unspecified atom stereocenters. The molecule has 0 saturated carbocycles. The van der Waals surface area contributed by atoms with Gasteiger partial charge in [0.25, 0.3) is 0 Å². The van der Waals surface area contributed by atoms with Crippen LogP contribution < -0.4 is 5.32 Å². The van der Waals surface area contributed by atoms with Crippen LogP contribution in [-0.4, -0.2) is 15.9 Å². The lowest BCUT2D eigenvalue weighted by molar-refractivity contribution is -0.121. The van der Waals surface area contributed by atoms with Crippen molar-refractivity contribution in [2.24, 2.45) is 0 Å². The van der Waals surface area contributed by atoms with Gasteiger partial charge in [0, 0.05) is 40.1 Å². The highest BCUT2D eigenvalue weighted by molar-refractivity contribution is 5.86. The fraction of sp³-hybridized carbons (Fsp3) is 0.261. The number of aromatic amines is 2. The molecule has 1 aliphatic carbocycles. The van der Waals surface area contributed by atoms with Crippen molar-refractivity contribution in [2.45, 2.75) is 38.1 Å². The number of nitrogens with one attached hydrogen (secondary N) is 3. The van der Waals surface area contributed by atoms with Gasteiger partial charge in [-0.2, -0.15) is 0 Å². The minimum absolute atomic E-state index is 0.0941. The van der Waals surface area contributed by atoms with E-state index in [1.54, 1.807) is 0 Å². The molecule has 0 fully saturated rings. The summed E-state index contributed by atoms with van der Waals surface area (Å²) in [7, 11) is 0. The molecule has 1 aliphatic rings. The molecular weight excluding hydrogens is 334 g/mol. The summed E-state index contributed by atoms with van der Waals surface area (Å²) in [5.74, 6) is 0.122. The number of benzene rings is 2. The molecular formula is C23H23N3O. The van der Waals surface area contributed by atoms with Gasteiger partial charge in [0.05, 0.1) is 6.04 Å². The lowest BCUT2D eigenvalue weighted by atomic mass is 9.91. The van der Waals surface area contributed by atoms with Gasteiger partial charge in [-0.3, -0.25) is 4.79 Å². The molecule has 1 atom stereocenters. The van der Waals surface area contributed by atoms with Crippen molar-refractivity contribution in [3.8, 4) is 0 Å². The van der Waals surface area contributed by atoms with Crippen LogP contribution in [0.5, 0.6) is 0 Å². The highest BCUT2D eigenvalue weighted by atomic mass is 16.1. The quantitative estimate of drug-likeness (QED) is 0.484. The number of carbonyl (C=O) groups excluding carboxylic acids is 1. The molecule has 0 aliphatic heterocycles. The van der Waals surface area contributed by atoms with Gasteiger partial charge in [0.1, 0.15) is 0 Å². The van der Waals surface area contributed by atoms with Crippen LogP contribution in [0.25, 0.3) is 21.8 Å². The van der Waals surface area contributed by atoms with Gasteiger partial charge in [-0.25, -0.2) is 0 Å². The van der Waals surface area contributed by atoms with Crippen molar-refractivity contribution in [2.75, 3.05) is 0 Å². The van der Waals surface area contributed by atoms with Gasteiger partial charge in [-0.05, 0) is 48.9 Å². The Bertz CT molecular complexity index is 1120. The van der Waals surface area contributed by atoms with Crippen molar-refractivity contribution >= 4 is 27.7 Å². The van der Waals surface area contributed by atoms with E-state index >= 15 is 0 Å². The predicted octanol–water partition coefficient (Wildman–Crippen LogP) is 4.78. The van der Waals surface area contributed by atoms with Crippen molar-refractivity contribution in [3.63, 3.8) is 0 Å². The van der Waals surface area contributed by atoms with E-state index in [2.05, 4.69) is 51.7 Å². The zero-order chi connectivity index (χ0) is 18.2. The van der Waals surface area contributed by atoms with Gasteiger partial charge in [-0.1, -0.05) is 36.4 Å². The number of rotatable bonds is 4. The molecule has 136 valence electrons. The standard InChI is InChI=1S/C23H23N3O/c27-22(13-12-15-14-24-19-9-3-1-6-16(15)19)25-21-11-5-8-18-17-7-2-4-10-20(17)26-23(18)21/h1-4,6-7,9-10,14,21,24,26H,5,8,11-13H2,(H,25,27)/t21-/m0/s1. The minimum Gasteiger partial charge on any atom is -0.361 e. The SMILES string of the molecule is O=C(CCc1c[nH]c2ccccc12)N[C@H]1CCCc2c1[nH]c1ccccc21. The number of amides is 1. The average Bonchev–Trinajstić information content (AvgIpc) is 3.28. The van der Waals surface area contributed by atoms with Crippen LogP contribution in [0.15, 0.2) is 54.7 Å². The van der Waals surface area contributed by atoms with Crippen LogP contribution in [0.3, 0.4) is 0 Å². The van der Waals surface area contributed by atoms with Crippen LogP contribution in [0.2, 0.25) is 0 Å². The van der Waals surface area contributed by atoms with Crippen molar-refractivity contribution in [1.29, 1.82) is 0 Å². The fourth-order valence-corrected chi connectivity index (χ4v) is 4.41. The summed E-state index contributed by atoms with van der Waals surface area (Å²) in [6.45, 7) is 0. The molecule has 1 amide bonds. The first-order chi connectivity index (χ1) is 13.3. The molecule has 2 aromatic carbocycles. The molecule has 27 heavy (non-hydrogen) atoms. The summed E-state index contributed by atoms with van der Waals surface area (Å²) in [6.07, 6.45) is 6.48. The van der Waals surface area contributed by atoms with E-state index < -0.39 is 0 Å². The summed E-state index contributed by atoms with van der Waals surface area (Å²) in [6, 6.07) is 16.8. The lowest BCUT2D eigenvalue weighted by Crippen LogP contribution is -2.31. The first-order valence-corrected chi connectivity index (χ1v) is 9.73. The third-order valence-electron chi connectivity index (χ3n) is 5.75. The second kappa shape index (κ2) is 6.62. The maximum Gasteiger partial charge on any atom is 0.220 e. The topological polar surface area (TPSA) is 60.7 Å². The molecule has 5 rings (SSSR count). The second-order valence-electron chi connectivity index (χ2n) is 7.43. The van der Waals surface area contributed by atoms with E-state index in [1.165, 1.54) is 33.1 Å².